The number of carboxylic acids is 1. The smallest absolute Gasteiger partial charge is 0.320 e. The molecule has 0 aromatic carbocycles. The zero-order valence-corrected chi connectivity index (χ0v) is 5.24. The molecule has 4 heteroatoms. The Labute approximate surface area is 68.6 Å². The van der Waals surface area contributed by atoms with Crippen molar-refractivity contribution in [2.45, 2.75) is 25.2 Å². The summed E-state index contributed by atoms with van der Waals surface area (Å²) in [5.74, 6) is -1.72. The van der Waals surface area contributed by atoms with E-state index < -0.39 is 37.7 Å². The first kappa shape index (κ1) is 3.19. The Bertz CT molecular complexity index is 272. The minimum absolute atomic E-state index is 1.69. The lowest BCUT2D eigenvalue weighted by Crippen LogP contribution is -2.29. The minimum atomic E-state index is -3.00. The van der Waals surface area contributed by atoms with E-state index in [-0.39, 0.29) is 0 Å². The van der Waals surface area contributed by atoms with Gasteiger partial charge >= 0.3 is 5.97 Å². The van der Waals surface area contributed by atoms with Crippen LogP contribution in [0.5, 0.6) is 0 Å². The van der Waals surface area contributed by atoms with Crippen LogP contribution in [0.3, 0.4) is 0 Å². The Kier molecular flexibility index (Phi) is 1.66. The van der Waals surface area contributed by atoms with Gasteiger partial charge < -0.3 is 16.6 Å². The number of nitrogens with two attached hydrogens (primary N) is 2. The van der Waals surface area contributed by atoms with E-state index >= 15 is 0 Å². The highest BCUT2D eigenvalue weighted by atomic mass is 16.5. The van der Waals surface area contributed by atoms with Crippen LogP contribution >= 0.6 is 0 Å². The predicted octanol–water partition coefficient (Wildman–Crippen LogP) is -0.473. The van der Waals surface area contributed by atoms with Gasteiger partial charge in [0.05, 0.1) is 0 Å². The number of carbonyl (C=O) groups is 1. The summed E-state index contributed by atoms with van der Waals surface area (Å²) in [7, 11) is 0. The standard InChI is InChI=1S/C6H14N2O2/c7-4-2-1-3-5(8)6(9)10/h5H,1-4,7-8H2,(H,9,10)/t5-/m0/s1/i1+1D2,2+1D,3+1D2,4+1D,5+1,6+1,7+1,8+1/t2-,4+,5-. The number of hydrogen-bond donors (Lipinski definition) is 3. The molecule has 60 valence electrons. The lowest BCUT2D eigenvalue weighted by molar-refractivity contribution is -0.138. The molecule has 0 heterocycles. The third-order valence-electron chi connectivity index (χ3n) is 0.684. The molecule has 10 heavy (non-hydrogen) atoms. The van der Waals surface area contributed by atoms with Crippen molar-refractivity contribution in [3.63, 3.8) is 0 Å². The number of carboxylic acid groups (broad SMARTS) is 1. The highest BCUT2D eigenvalue weighted by molar-refractivity contribution is 5.72. The van der Waals surface area contributed by atoms with Gasteiger partial charge in [-0.05, 0) is 19.3 Å². The summed E-state index contributed by atoms with van der Waals surface area (Å²) in [5, 5.41) is 8.53. The summed E-state index contributed by atoms with van der Waals surface area (Å²) in [4.78, 5) is 10.5. The quantitative estimate of drug-likeness (QED) is 0.374. The van der Waals surface area contributed by atoms with Crippen molar-refractivity contribution in [2.75, 3.05) is 6.52 Å². The fourth-order valence-corrected chi connectivity index (χ4v) is 0.248. The van der Waals surface area contributed by atoms with Crippen LogP contribution in [-0.4, -0.2) is 23.6 Å². The summed E-state index contributed by atoms with van der Waals surface area (Å²) >= 11 is 0. The molecule has 0 aromatic rings. The lowest BCUT2D eigenvalue weighted by Gasteiger charge is -2.03. The molecule has 0 aliphatic heterocycles. The van der Waals surface area contributed by atoms with Gasteiger partial charge in [-0.2, -0.15) is 0 Å². The van der Waals surface area contributed by atoms with Crippen molar-refractivity contribution in [3.8, 4) is 0 Å². The Morgan fingerprint density at radius 3 is 2.80 bits per heavy atom. The molecular formula is C6H14N2O2. The second kappa shape index (κ2) is 5.20. The van der Waals surface area contributed by atoms with Crippen LogP contribution in [0.15, 0.2) is 0 Å². The van der Waals surface area contributed by atoms with Gasteiger partial charge in [-0.25, -0.2) is 0 Å². The summed E-state index contributed by atoms with van der Waals surface area (Å²) in [5.41, 5.74) is 10.00. The Morgan fingerprint density at radius 2 is 2.40 bits per heavy atom. The van der Waals surface area contributed by atoms with Crippen LogP contribution in [0.4, 0.5) is 0 Å². The van der Waals surface area contributed by atoms with Gasteiger partial charge in [0.15, 0.2) is 0 Å². The Morgan fingerprint density at radius 1 is 1.80 bits per heavy atom. The van der Waals surface area contributed by atoms with Gasteiger partial charge in [0.2, 0.25) is 0 Å². The third-order valence-corrected chi connectivity index (χ3v) is 0.684. The molecule has 0 saturated carbocycles. The van der Waals surface area contributed by atoms with E-state index in [1.54, 1.807) is 0 Å². The zero-order valence-electron chi connectivity index (χ0n) is 11.2. The first-order valence-corrected chi connectivity index (χ1v) is 2.54. The molecule has 0 spiro atoms. The number of aliphatic carboxylic acids is 1. The largest absolute Gasteiger partial charge is 0.480 e. The van der Waals surface area contributed by atoms with Crippen molar-refractivity contribution in [3.05, 3.63) is 0 Å². The van der Waals surface area contributed by atoms with Gasteiger partial charge in [-0.3, -0.25) is 4.79 Å². The van der Waals surface area contributed by atoms with Crippen molar-refractivity contribution in [1.82, 2.24) is 0 Å². The number of hydrogen-bond acceptors (Lipinski definition) is 3. The average Bonchev–Trinajstić information content (AvgIpc) is 2.14. The highest BCUT2D eigenvalue weighted by Crippen LogP contribution is 1.96. The molecule has 0 rings (SSSR count). The van der Waals surface area contributed by atoms with Gasteiger partial charge in [-0.15, -0.1) is 0 Å². The van der Waals surface area contributed by atoms with Crippen molar-refractivity contribution in [2.24, 2.45) is 11.5 Å². The molecular weight excluding hydrogens is 140 g/mol. The van der Waals surface area contributed by atoms with Crippen LogP contribution in [0.1, 0.15) is 27.4 Å². The molecule has 4 nitrogen and oxygen atoms in total. The van der Waals surface area contributed by atoms with E-state index in [0.717, 1.165) is 0 Å². The molecule has 0 bridgehead atoms. The van der Waals surface area contributed by atoms with Gasteiger partial charge in [0.25, 0.3) is 0 Å². The van der Waals surface area contributed by atoms with E-state index in [0.29, 0.717) is 0 Å². The highest BCUT2D eigenvalue weighted by Gasteiger charge is 2.09. The van der Waals surface area contributed by atoms with Crippen LogP contribution in [0.2, 0.25) is 0 Å². The third kappa shape index (κ3) is 4.29. The maximum absolute atomic E-state index is 10.5. The molecule has 0 saturated heterocycles. The Hall–Kier alpha value is -0.610. The Balaban J connectivity index is 5.19. The van der Waals surface area contributed by atoms with Crippen LogP contribution < -0.4 is 11.5 Å². The van der Waals surface area contributed by atoms with E-state index in [1.807, 2.05) is 0 Å². The van der Waals surface area contributed by atoms with E-state index in [9.17, 15) is 4.79 Å². The maximum Gasteiger partial charge on any atom is 0.320 e. The van der Waals surface area contributed by atoms with E-state index in [1.165, 1.54) is 0 Å². The molecule has 3 atom stereocenters. The summed E-state index contributed by atoms with van der Waals surface area (Å²) in [6.07, 6.45) is -7.87. The van der Waals surface area contributed by atoms with Crippen molar-refractivity contribution < 1.29 is 18.1 Å². The zero-order chi connectivity index (χ0) is 13.3. The average molecular weight is 160 g/mol. The summed E-state index contributed by atoms with van der Waals surface area (Å²) in [6, 6.07) is -2.13. The molecule has 0 fully saturated rings. The minimum Gasteiger partial charge on any atom is -0.480 e. The van der Waals surface area contributed by atoms with Crippen LogP contribution in [-0.2, 0) is 4.79 Å². The molecule has 0 aliphatic rings. The van der Waals surface area contributed by atoms with Crippen LogP contribution in [0.25, 0.3) is 0 Å². The fourth-order valence-electron chi connectivity index (χ4n) is 0.248. The molecule has 0 aliphatic carbocycles. The van der Waals surface area contributed by atoms with Crippen molar-refractivity contribution >= 4 is 5.97 Å². The first-order chi connectivity index (χ1) is 6.96. The fraction of sp³-hybridized carbons (Fsp3) is 0.833. The molecule has 0 amide bonds. The molecule has 5 N–H and O–H groups in total. The topological polar surface area (TPSA) is 89.3 Å². The maximum atomic E-state index is 10.5. The molecule has 0 unspecified atom stereocenters. The van der Waals surface area contributed by atoms with E-state index in [4.69, 9.17) is 24.8 Å². The normalized spacial score (nSPS) is 31.0. The SMILES string of the molecule is [2H][13C@H]([13C@@H]([2H])[15NH2])[13C]([2H])([2H])[13C]([2H])([2H])[13C@H]([15NH2])[13C](=O)O. The molecule has 0 radical (unpaired) electrons. The monoisotopic (exact) mass is 160 g/mol. The predicted molar refractivity (Wildman–Crippen MR) is 38.5 cm³/mol. The first-order valence-electron chi connectivity index (χ1n) is 5.70. The molecule has 0 aromatic heterocycles. The van der Waals surface area contributed by atoms with Gasteiger partial charge in [0, 0.05) is 8.22 Å². The lowest BCUT2D eigenvalue weighted by atomic mass is 11.1. The summed E-state index contributed by atoms with van der Waals surface area (Å²) in [6.45, 7) is -1.69. The van der Waals surface area contributed by atoms with E-state index in [2.05, 4.69) is 0 Å². The van der Waals surface area contributed by atoms with Gasteiger partial charge in [-0.1, -0.05) is 6.37 Å². The van der Waals surface area contributed by atoms with Crippen LogP contribution in [0, 0.1) is 0 Å². The number of rotatable bonds is 5. The van der Waals surface area contributed by atoms with Gasteiger partial charge in [0.1, 0.15) is 6.04 Å². The second-order valence-electron chi connectivity index (χ2n) is 1.46. The second-order valence-corrected chi connectivity index (χ2v) is 1.46. The van der Waals surface area contributed by atoms with Crippen molar-refractivity contribution in [1.29, 1.82) is 0 Å². The summed E-state index contributed by atoms with van der Waals surface area (Å²) < 4.78 is 43.5.